The fourth-order valence-electron chi connectivity index (χ4n) is 3.20. The molecule has 4 rings (SSSR count). The van der Waals surface area contributed by atoms with Crippen molar-refractivity contribution >= 4 is 28.8 Å². The number of aliphatic hydroxyl groups is 2. The number of fused-ring (bicyclic) bond motifs is 1. The van der Waals surface area contributed by atoms with Gasteiger partial charge >= 0.3 is 0 Å². The quantitative estimate of drug-likeness (QED) is 0.398. The Morgan fingerprint density at radius 1 is 1.32 bits per heavy atom. The lowest BCUT2D eigenvalue weighted by molar-refractivity contribution is 0.0787. The molecule has 3 aromatic heterocycles. The van der Waals surface area contributed by atoms with E-state index in [4.69, 9.17) is 16.3 Å². The van der Waals surface area contributed by atoms with E-state index in [0.29, 0.717) is 33.4 Å². The highest BCUT2D eigenvalue weighted by atomic mass is 35.5. The topological polar surface area (TPSA) is 127 Å². The van der Waals surface area contributed by atoms with E-state index in [1.165, 1.54) is 28.7 Å². The molecule has 0 fully saturated rings. The molecule has 0 radical (unpaired) electrons. The van der Waals surface area contributed by atoms with Gasteiger partial charge in [0.1, 0.15) is 11.3 Å². The number of hydrogen-bond donors (Lipinski definition) is 3. The first-order valence-electron chi connectivity index (χ1n) is 9.30. The van der Waals surface area contributed by atoms with Crippen LogP contribution in [-0.2, 0) is 6.54 Å². The van der Waals surface area contributed by atoms with Gasteiger partial charge in [0, 0.05) is 23.0 Å². The number of ether oxygens (including phenoxy) is 1. The fraction of sp³-hybridized carbons (Fsp3) is 0.200. The average Bonchev–Trinajstić information content (AvgIpc) is 3.37. The number of halogens is 1. The van der Waals surface area contributed by atoms with E-state index in [1.54, 1.807) is 36.7 Å². The van der Waals surface area contributed by atoms with Crippen molar-refractivity contribution < 1.29 is 19.7 Å². The number of amides is 1. The van der Waals surface area contributed by atoms with Crippen molar-refractivity contribution in [2.45, 2.75) is 12.6 Å². The van der Waals surface area contributed by atoms with E-state index in [0.717, 1.165) is 0 Å². The van der Waals surface area contributed by atoms with Crippen molar-refractivity contribution in [3.8, 4) is 17.0 Å². The van der Waals surface area contributed by atoms with E-state index in [2.05, 4.69) is 20.5 Å². The van der Waals surface area contributed by atoms with Gasteiger partial charge in [-0.25, -0.2) is 9.50 Å². The highest BCUT2D eigenvalue weighted by Crippen LogP contribution is 2.37. The number of benzene rings is 1. The number of anilines is 1. The number of nitrogens with one attached hydrogen (secondary N) is 1. The number of aromatic nitrogens is 5. The summed E-state index contributed by atoms with van der Waals surface area (Å²) in [6, 6.07) is 6.75. The second kappa shape index (κ2) is 8.72. The third-order valence-electron chi connectivity index (χ3n) is 4.62. The summed E-state index contributed by atoms with van der Waals surface area (Å²) in [5.41, 5.74) is 2.08. The van der Waals surface area contributed by atoms with Gasteiger partial charge in [-0.3, -0.25) is 9.48 Å². The monoisotopic (exact) mass is 442 g/mol. The minimum Gasteiger partial charge on any atom is -0.496 e. The fourth-order valence-corrected chi connectivity index (χ4v) is 3.37. The van der Waals surface area contributed by atoms with Crippen LogP contribution in [0.5, 0.6) is 5.75 Å². The molecule has 1 atom stereocenters. The number of carbonyl (C=O) groups excluding carboxylic acids is 1. The van der Waals surface area contributed by atoms with Crippen LogP contribution < -0.4 is 10.1 Å². The SMILES string of the molecule is COc1ccc(Cl)cc1-c1c(NC(=O)c2cnn3cccnc23)cnn1CC(O)CO. The molecule has 0 spiro atoms. The Kier molecular flexibility index (Phi) is 5.85. The number of hydrogen-bond acceptors (Lipinski definition) is 7. The smallest absolute Gasteiger partial charge is 0.261 e. The van der Waals surface area contributed by atoms with Crippen molar-refractivity contribution in [1.82, 2.24) is 24.4 Å². The van der Waals surface area contributed by atoms with Gasteiger partial charge in [0.05, 0.1) is 50.1 Å². The van der Waals surface area contributed by atoms with E-state index < -0.39 is 18.6 Å². The average molecular weight is 443 g/mol. The van der Waals surface area contributed by atoms with Gasteiger partial charge < -0.3 is 20.3 Å². The summed E-state index contributed by atoms with van der Waals surface area (Å²) in [5, 5.41) is 30.9. The van der Waals surface area contributed by atoms with Crippen molar-refractivity contribution in [3.05, 3.63) is 59.6 Å². The van der Waals surface area contributed by atoms with Crippen LogP contribution in [-0.4, -0.2) is 60.3 Å². The Labute approximate surface area is 181 Å². The van der Waals surface area contributed by atoms with Gasteiger partial charge in [0.25, 0.3) is 5.91 Å². The van der Waals surface area contributed by atoms with Crippen molar-refractivity contribution in [3.63, 3.8) is 0 Å². The molecule has 0 saturated carbocycles. The highest BCUT2D eigenvalue weighted by molar-refractivity contribution is 6.31. The van der Waals surface area contributed by atoms with Crippen LogP contribution in [0, 0.1) is 0 Å². The second-order valence-corrected chi connectivity index (χ2v) is 7.11. The first kappa shape index (κ1) is 20.8. The van der Waals surface area contributed by atoms with E-state index in [1.807, 2.05) is 0 Å². The molecule has 0 saturated heterocycles. The first-order chi connectivity index (χ1) is 15.0. The maximum Gasteiger partial charge on any atom is 0.261 e. The van der Waals surface area contributed by atoms with Gasteiger partial charge in [-0.05, 0) is 24.3 Å². The van der Waals surface area contributed by atoms with Crippen LogP contribution in [0.1, 0.15) is 10.4 Å². The Bertz CT molecular complexity index is 1240. The molecule has 1 unspecified atom stereocenters. The normalized spacial score (nSPS) is 12.1. The molecule has 3 N–H and O–H groups in total. The molecule has 0 bridgehead atoms. The van der Waals surface area contributed by atoms with Gasteiger partial charge in [-0.15, -0.1) is 0 Å². The number of methoxy groups -OCH3 is 1. The Balaban J connectivity index is 1.78. The predicted molar refractivity (Wildman–Crippen MR) is 113 cm³/mol. The molecule has 3 heterocycles. The standard InChI is InChI=1S/C20H19ClN6O4/c1-31-17-4-3-12(21)7-14(17)18-16(9-24-27(18)10-13(29)11-28)25-20(30)15-8-23-26-6-2-5-22-19(15)26/h2-9,13,28-29H,10-11H2,1H3,(H,25,30). The zero-order chi connectivity index (χ0) is 22.0. The lowest BCUT2D eigenvalue weighted by Gasteiger charge is -2.15. The van der Waals surface area contributed by atoms with E-state index in [-0.39, 0.29) is 12.1 Å². The summed E-state index contributed by atoms with van der Waals surface area (Å²) in [6.45, 7) is -0.447. The van der Waals surface area contributed by atoms with Crippen LogP contribution in [0.2, 0.25) is 5.02 Å². The van der Waals surface area contributed by atoms with Crippen molar-refractivity contribution in [1.29, 1.82) is 0 Å². The minimum absolute atomic E-state index is 0.00432. The molecule has 0 aliphatic heterocycles. The summed E-state index contributed by atoms with van der Waals surface area (Å²) in [4.78, 5) is 17.2. The summed E-state index contributed by atoms with van der Waals surface area (Å²) in [7, 11) is 1.51. The maximum absolute atomic E-state index is 13.0. The van der Waals surface area contributed by atoms with Crippen molar-refractivity contribution in [2.75, 3.05) is 19.0 Å². The van der Waals surface area contributed by atoms with Gasteiger partial charge in [-0.1, -0.05) is 11.6 Å². The summed E-state index contributed by atoms with van der Waals surface area (Å²) >= 11 is 6.20. The third-order valence-corrected chi connectivity index (χ3v) is 4.86. The van der Waals surface area contributed by atoms with Crippen LogP contribution >= 0.6 is 11.6 Å². The lowest BCUT2D eigenvalue weighted by Crippen LogP contribution is -2.21. The third kappa shape index (κ3) is 4.08. The molecule has 4 aromatic rings. The minimum atomic E-state index is -1.05. The first-order valence-corrected chi connectivity index (χ1v) is 9.68. The van der Waals surface area contributed by atoms with Crippen LogP contribution in [0.3, 0.4) is 0 Å². The van der Waals surface area contributed by atoms with Gasteiger partial charge in [-0.2, -0.15) is 10.2 Å². The lowest BCUT2D eigenvalue weighted by atomic mass is 10.1. The van der Waals surface area contributed by atoms with Gasteiger partial charge in [0.2, 0.25) is 0 Å². The molecule has 11 heteroatoms. The Morgan fingerprint density at radius 3 is 2.94 bits per heavy atom. The van der Waals surface area contributed by atoms with Crippen LogP contribution in [0.25, 0.3) is 16.9 Å². The molecular weight excluding hydrogens is 424 g/mol. The highest BCUT2D eigenvalue weighted by Gasteiger charge is 2.22. The predicted octanol–water partition coefficient (Wildman–Crippen LogP) is 1.86. The number of nitrogens with zero attached hydrogens (tertiary/aromatic N) is 5. The van der Waals surface area contributed by atoms with Gasteiger partial charge in [0.15, 0.2) is 5.65 Å². The Morgan fingerprint density at radius 2 is 2.16 bits per heavy atom. The van der Waals surface area contributed by atoms with E-state index in [9.17, 15) is 15.0 Å². The van der Waals surface area contributed by atoms with Crippen LogP contribution in [0.15, 0.2) is 49.1 Å². The molecule has 160 valence electrons. The number of rotatable bonds is 7. The van der Waals surface area contributed by atoms with Crippen LogP contribution in [0.4, 0.5) is 5.69 Å². The second-order valence-electron chi connectivity index (χ2n) is 6.67. The number of carbonyl (C=O) groups is 1. The Hall–Kier alpha value is -3.47. The maximum atomic E-state index is 13.0. The molecule has 0 aliphatic carbocycles. The molecule has 10 nitrogen and oxygen atoms in total. The molecule has 31 heavy (non-hydrogen) atoms. The van der Waals surface area contributed by atoms with E-state index >= 15 is 0 Å². The summed E-state index contributed by atoms with van der Waals surface area (Å²) in [5.74, 6) is 0.0657. The largest absolute Gasteiger partial charge is 0.496 e. The zero-order valence-electron chi connectivity index (χ0n) is 16.4. The summed E-state index contributed by atoms with van der Waals surface area (Å²) in [6.07, 6.45) is 5.10. The molecule has 1 amide bonds. The molecule has 0 aliphatic rings. The molecular formula is C20H19ClN6O4. The van der Waals surface area contributed by atoms with Crippen molar-refractivity contribution in [2.24, 2.45) is 0 Å². The zero-order valence-corrected chi connectivity index (χ0v) is 17.2. The number of aliphatic hydroxyl groups excluding tert-OH is 2. The molecule has 1 aromatic carbocycles. The summed E-state index contributed by atoms with van der Waals surface area (Å²) < 4.78 is 8.42.